The van der Waals surface area contributed by atoms with Crippen LogP contribution < -0.4 is 5.73 Å². The van der Waals surface area contributed by atoms with Crippen LogP contribution in [0.2, 0.25) is 32.2 Å². The highest BCUT2D eigenvalue weighted by molar-refractivity contribution is 8.00. The largest absolute Gasteiger partial charge is 0.455 e. The Labute approximate surface area is 139 Å². The van der Waals surface area contributed by atoms with Crippen molar-refractivity contribution in [3.05, 3.63) is 18.0 Å². The van der Waals surface area contributed by atoms with Crippen molar-refractivity contribution in [2.45, 2.75) is 49.7 Å². The molecule has 0 aliphatic heterocycles. The van der Waals surface area contributed by atoms with Gasteiger partial charge < -0.3 is 9.85 Å². The van der Waals surface area contributed by atoms with Crippen molar-refractivity contribution in [2.75, 3.05) is 11.9 Å². The van der Waals surface area contributed by atoms with Crippen molar-refractivity contribution < 1.29 is 4.12 Å². The predicted octanol–water partition coefficient (Wildman–Crippen LogP) is 3.62. The van der Waals surface area contributed by atoms with Gasteiger partial charge in [0.2, 0.25) is 0 Å². The Morgan fingerprint density at radius 2 is 1.81 bits per heavy atom. The standard InChI is InChI=1S/C13H26ClN3OSSi2/c1-20(2,7-5-6-15)18-21(3,4)11-19-13-16-9-12(8-14)10-17-13/h9-10H,5-8,11,15H2,1-4H3. The summed E-state index contributed by atoms with van der Waals surface area (Å²) in [6.07, 6.45) is 4.63. The Morgan fingerprint density at radius 1 is 1.19 bits per heavy atom. The highest BCUT2D eigenvalue weighted by atomic mass is 35.5. The number of halogens is 1. The van der Waals surface area contributed by atoms with Crippen LogP contribution in [0.5, 0.6) is 0 Å². The minimum absolute atomic E-state index is 0.454. The van der Waals surface area contributed by atoms with Gasteiger partial charge in [0.15, 0.2) is 21.8 Å². The molecule has 1 aromatic rings. The molecule has 0 saturated heterocycles. The fraction of sp³-hybridized carbons (Fsp3) is 0.692. The molecule has 4 nitrogen and oxygen atoms in total. The average molecular weight is 364 g/mol. The minimum Gasteiger partial charge on any atom is -0.455 e. The number of nitrogens with zero attached hydrogens (tertiary/aromatic N) is 2. The van der Waals surface area contributed by atoms with Crippen molar-refractivity contribution >= 4 is 40.0 Å². The molecule has 1 rings (SSSR count). The highest BCUT2D eigenvalue weighted by Crippen LogP contribution is 2.24. The summed E-state index contributed by atoms with van der Waals surface area (Å²) in [6.45, 7) is 9.85. The zero-order chi connectivity index (χ0) is 15.9. The Hall–Kier alpha value is 0.0738. The Kier molecular flexibility index (Phi) is 7.87. The summed E-state index contributed by atoms with van der Waals surface area (Å²) in [7, 11) is -3.32. The second-order valence-electron chi connectivity index (χ2n) is 6.31. The van der Waals surface area contributed by atoms with E-state index in [4.69, 9.17) is 21.4 Å². The van der Waals surface area contributed by atoms with E-state index in [9.17, 15) is 0 Å². The lowest BCUT2D eigenvalue weighted by atomic mass is 10.4. The van der Waals surface area contributed by atoms with Crippen molar-refractivity contribution in [1.29, 1.82) is 0 Å². The zero-order valence-corrected chi connectivity index (χ0v) is 16.9. The molecule has 0 aromatic carbocycles. The third-order valence-corrected chi connectivity index (χ3v) is 13.0. The van der Waals surface area contributed by atoms with Crippen LogP contribution in [-0.4, -0.2) is 38.5 Å². The number of thioether (sulfide) groups is 1. The van der Waals surface area contributed by atoms with E-state index in [0.29, 0.717) is 5.88 Å². The van der Waals surface area contributed by atoms with Gasteiger partial charge in [-0.1, -0.05) is 11.8 Å². The molecule has 0 fully saturated rings. The third-order valence-electron chi connectivity index (χ3n) is 2.92. The lowest BCUT2D eigenvalue weighted by Crippen LogP contribution is -2.46. The van der Waals surface area contributed by atoms with Gasteiger partial charge in [0.25, 0.3) is 0 Å². The first-order valence-electron chi connectivity index (χ1n) is 7.18. The van der Waals surface area contributed by atoms with Gasteiger partial charge in [-0.05, 0) is 45.2 Å². The maximum absolute atomic E-state index is 6.52. The number of alkyl halides is 1. The molecule has 120 valence electrons. The van der Waals surface area contributed by atoms with Crippen LogP contribution in [0.3, 0.4) is 0 Å². The van der Waals surface area contributed by atoms with E-state index in [-0.39, 0.29) is 0 Å². The topological polar surface area (TPSA) is 61.0 Å². The molecule has 0 amide bonds. The van der Waals surface area contributed by atoms with Gasteiger partial charge in [0.1, 0.15) is 0 Å². The monoisotopic (exact) mass is 363 g/mol. The van der Waals surface area contributed by atoms with Crippen molar-refractivity contribution in [3.63, 3.8) is 0 Å². The number of aromatic nitrogens is 2. The summed E-state index contributed by atoms with van der Waals surface area (Å²) in [5.41, 5.74) is 6.55. The molecule has 21 heavy (non-hydrogen) atoms. The summed E-state index contributed by atoms with van der Waals surface area (Å²) in [4.78, 5) is 8.66. The Bertz CT molecular complexity index is 432. The molecule has 0 saturated carbocycles. The quantitative estimate of drug-likeness (QED) is 0.314. The van der Waals surface area contributed by atoms with Crippen molar-refractivity contribution in [3.8, 4) is 0 Å². The molecular formula is C13H26ClN3OSSi2. The smallest absolute Gasteiger partial charge is 0.187 e. The fourth-order valence-electron chi connectivity index (χ4n) is 2.08. The normalized spacial score (nSPS) is 12.7. The van der Waals surface area contributed by atoms with E-state index >= 15 is 0 Å². The van der Waals surface area contributed by atoms with Gasteiger partial charge in [-0.2, -0.15) is 0 Å². The van der Waals surface area contributed by atoms with E-state index in [0.717, 1.165) is 35.1 Å². The maximum atomic E-state index is 6.52. The molecule has 0 unspecified atom stereocenters. The van der Waals surface area contributed by atoms with Crippen molar-refractivity contribution in [2.24, 2.45) is 5.73 Å². The van der Waals surface area contributed by atoms with Crippen LogP contribution in [0, 0.1) is 0 Å². The van der Waals surface area contributed by atoms with E-state index < -0.39 is 16.6 Å². The second-order valence-corrected chi connectivity index (χ2v) is 16.7. The van der Waals surface area contributed by atoms with Crippen LogP contribution in [0.1, 0.15) is 12.0 Å². The molecule has 0 spiro atoms. The van der Waals surface area contributed by atoms with E-state index in [1.54, 1.807) is 24.2 Å². The highest BCUT2D eigenvalue weighted by Gasteiger charge is 2.32. The summed E-state index contributed by atoms with van der Waals surface area (Å²) in [6, 6.07) is 1.13. The molecule has 1 aromatic heterocycles. The van der Waals surface area contributed by atoms with E-state index in [1.165, 1.54) is 0 Å². The van der Waals surface area contributed by atoms with Gasteiger partial charge in [-0.15, -0.1) is 11.6 Å². The minimum atomic E-state index is -1.72. The molecule has 0 radical (unpaired) electrons. The van der Waals surface area contributed by atoms with Crippen LogP contribution >= 0.6 is 23.4 Å². The Balaban J connectivity index is 2.51. The van der Waals surface area contributed by atoms with Crippen molar-refractivity contribution in [1.82, 2.24) is 9.97 Å². The first-order chi connectivity index (χ1) is 9.78. The summed E-state index contributed by atoms with van der Waals surface area (Å²) in [5.74, 6) is 0.454. The number of nitrogens with two attached hydrogens (primary N) is 1. The summed E-state index contributed by atoms with van der Waals surface area (Å²) >= 11 is 7.42. The zero-order valence-electron chi connectivity index (χ0n) is 13.4. The van der Waals surface area contributed by atoms with Crippen LogP contribution in [0.25, 0.3) is 0 Å². The molecule has 1 heterocycles. The molecular weight excluding hydrogens is 338 g/mol. The summed E-state index contributed by atoms with van der Waals surface area (Å²) in [5, 5.41) is 1.76. The van der Waals surface area contributed by atoms with Gasteiger partial charge in [0.05, 0.1) is 5.88 Å². The fourth-order valence-corrected chi connectivity index (χ4v) is 12.6. The predicted molar refractivity (Wildman–Crippen MR) is 96.8 cm³/mol. The van der Waals surface area contributed by atoms with Gasteiger partial charge >= 0.3 is 0 Å². The molecule has 0 bridgehead atoms. The van der Waals surface area contributed by atoms with Crippen LogP contribution in [-0.2, 0) is 10.00 Å². The van der Waals surface area contributed by atoms with E-state index in [2.05, 4.69) is 36.2 Å². The van der Waals surface area contributed by atoms with Gasteiger partial charge in [-0.25, -0.2) is 9.97 Å². The van der Waals surface area contributed by atoms with Crippen LogP contribution in [0.4, 0.5) is 0 Å². The first kappa shape index (κ1) is 19.1. The molecule has 0 aliphatic carbocycles. The average Bonchev–Trinajstić information content (AvgIpc) is 2.42. The first-order valence-corrected chi connectivity index (χ1v) is 14.9. The number of hydrogen-bond donors (Lipinski definition) is 1. The maximum Gasteiger partial charge on any atom is 0.187 e. The number of rotatable bonds is 9. The van der Waals surface area contributed by atoms with Gasteiger partial charge in [-0.3, -0.25) is 0 Å². The molecule has 0 aliphatic rings. The number of hydrogen-bond acceptors (Lipinski definition) is 5. The Morgan fingerprint density at radius 3 is 2.33 bits per heavy atom. The lowest BCUT2D eigenvalue weighted by molar-refractivity contribution is 0.543. The SMILES string of the molecule is C[Si](C)(CCCN)O[Si](C)(C)CSc1ncc(CCl)cn1. The third kappa shape index (κ3) is 7.76. The lowest BCUT2D eigenvalue weighted by Gasteiger charge is -2.33. The molecule has 0 atom stereocenters. The summed E-state index contributed by atoms with van der Waals surface area (Å²) < 4.78 is 6.52. The molecule has 8 heteroatoms. The second kappa shape index (κ2) is 8.64. The van der Waals surface area contributed by atoms with E-state index in [1.807, 2.05) is 0 Å². The van der Waals surface area contributed by atoms with Gasteiger partial charge in [0, 0.05) is 23.3 Å². The van der Waals surface area contributed by atoms with Crippen LogP contribution in [0.15, 0.2) is 17.6 Å². The molecule has 2 N–H and O–H groups in total.